The number of hydrogen-bond acceptors (Lipinski definition) is 5. The van der Waals surface area contributed by atoms with Gasteiger partial charge in [0.2, 0.25) is 0 Å². The SMILES string of the molecule is CCc1nc(-c2ccc(C[C@H](NC(=O)c3c(F)cccc3F)C(=O)O)c3c2OCCO3)c(C(F)(F)F)c2ccccc12. The summed E-state index contributed by atoms with van der Waals surface area (Å²) in [5.41, 5.74) is -1.66. The van der Waals surface area contributed by atoms with Gasteiger partial charge in [0.1, 0.15) is 36.5 Å². The Labute approximate surface area is 235 Å². The van der Waals surface area contributed by atoms with E-state index in [0.717, 1.165) is 18.2 Å². The first-order chi connectivity index (χ1) is 20.0. The van der Waals surface area contributed by atoms with E-state index in [1.807, 2.05) is 0 Å². The lowest BCUT2D eigenvalue weighted by Gasteiger charge is -2.26. The molecule has 0 radical (unpaired) electrons. The maximum atomic E-state index is 14.5. The van der Waals surface area contributed by atoms with Crippen molar-refractivity contribution < 1.29 is 46.1 Å². The number of aliphatic carboxylic acids is 1. The van der Waals surface area contributed by atoms with Crippen LogP contribution >= 0.6 is 0 Å². The molecule has 0 saturated heterocycles. The van der Waals surface area contributed by atoms with Gasteiger partial charge in [0.05, 0.1) is 11.3 Å². The lowest BCUT2D eigenvalue weighted by atomic mass is 9.94. The average Bonchev–Trinajstić information content (AvgIpc) is 2.95. The third-order valence-corrected chi connectivity index (χ3v) is 6.85. The predicted molar refractivity (Wildman–Crippen MR) is 142 cm³/mol. The highest BCUT2D eigenvalue weighted by Gasteiger charge is 2.39. The van der Waals surface area contributed by atoms with Gasteiger partial charge in [0.15, 0.2) is 11.5 Å². The van der Waals surface area contributed by atoms with E-state index >= 15 is 0 Å². The Morgan fingerprint density at radius 1 is 0.952 bits per heavy atom. The summed E-state index contributed by atoms with van der Waals surface area (Å²) in [6, 6.07) is 9.87. The van der Waals surface area contributed by atoms with Crippen LogP contribution in [0.3, 0.4) is 0 Å². The van der Waals surface area contributed by atoms with Gasteiger partial charge in [-0.2, -0.15) is 13.2 Å². The van der Waals surface area contributed by atoms with E-state index in [-0.39, 0.29) is 46.9 Å². The number of nitrogens with one attached hydrogen (secondary N) is 1. The molecule has 12 heteroatoms. The summed E-state index contributed by atoms with van der Waals surface area (Å²) in [7, 11) is 0. The Kier molecular flexibility index (Phi) is 7.72. The van der Waals surface area contributed by atoms with E-state index in [1.54, 1.807) is 19.1 Å². The van der Waals surface area contributed by atoms with Gasteiger partial charge in [0.25, 0.3) is 5.91 Å². The highest BCUT2D eigenvalue weighted by Crippen LogP contribution is 2.48. The van der Waals surface area contributed by atoms with Crippen molar-refractivity contribution in [2.24, 2.45) is 0 Å². The number of ether oxygens (including phenoxy) is 2. The third-order valence-electron chi connectivity index (χ3n) is 6.85. The van der Waals surface area contributed by atoms with E-state index < -0.39 is 53.3 Å². The van der Waals surface area contributed by atoms with Crippen LogP contribution in [0.25, 0.3) is 22.0 Å². The quantitative estimate of drug-likeness (QED) is 0.260. The van der Waals surface area contributed by atoms with E-state index in [9.17, 15) is 36.6 Å². The molecule has 1 aromatic heterocycles. The first-order valence-electron chi connectivity index (χ1n) is 12.9. The number of rotatable bonds is 7. The minimum absolute atomic E-state index is 0.00464. The minimum Gasteiger partial charge on any atom is -0.486 e. The van der Waals surface area contributed by atoms with Crippen LogP contribution in [0.5, 0.6) is 11.5 Å². The molecule has 3 aromatic carbocycles. The number of pyridine rings is 1. The number of aromatic nitrogens is 1. The first-order valence-corrected chi connectivity index (χ1v) is 12.9. The number of fused-ring (bicyclic) bond motifs is 2. The predicted octanol–water partition coefficient (Wildman–Crippen LogP) is 5.96. The number of amides is 1. The molecule has 0 bridgehead atoms. The Morgan fingerprint density at radius 3 is 2.21 bits per heavy atom. The van der Waals surface area contributed by atoms with Crippen LogP contribution < -0.4 is 14.8 Å². The molecule has 2 N–H and O–H groups in total. The number of alkyl halides is 3. The molecule has 42 heavy (non-hydrogen) atoms. The normalized spacial score (nSPS) is 13.6. The zero-order valence-electron chi connectivity index (χ0n) is 22.0. The smallest absolute Gasteiger partial charge is 0.419 e. The molecule has 4 aromatic rings. The number of carboxylic acid groups (broad SMARTS) is 1. The molecule has 0 unspecified atom stereocenters. The van der Waals surface area contributed by atoms with Crippen LogP contribution in [0.4, 0.5) is 22.0 Å². The average molecular weight is 587 g/mol. The van der Waals surface area contributed by atoms with Crippen molar-refractivity contribution in [3.63, 3.8) is 0 Å². The second-order valence-corrected chi connectivity index (χ2v) is 9.47. The van der Waals surface area contributed by atoms with Crippen molar-refractivity contribution in [2.75, 3.05) is 13.2 Å². The van der Waals surface area contributed by atoms with E-state index in [1.165, 1.54) is 24.3 Å². The monoisotopic (exact) mass is 586 g/mol. The number of nitrogens with zero attached hydrogens (tertiary/aromatic N) is 1. The van der Waals surface area contributed by atoms with Gasteiger partial charge in [-0.25, -0.2) is 13.6 Å². The van der Waals surface area contributed by atoms with Crippen LogP contribution in [0.15, 0.2) is 54.6 Å². The Hall–Kier alpha value is -4.74. The topological polar surface area (TPSA) is 97.8 Å². The molecule has 0 fully saturated rings. The molecule has 1 aliphatic rings. The summed E-state index contributed by atoms with van der Waals surface area (Å²) >= 11 is 0. The second-order valence-electron chi connectivity index (χ2n) is 9.47. The molecule has 0 aliphatic carbocycles. The minimum atomic E-state index is -4.78. The Bertz CT molecular complexity index is 1690. The molecule has 0 spiro atoms. The van der Waals surface area contributed by atoms with E-state index in [0.29, 0.717) is 17.5 Å². The van der Waals surface area contributed by atoms with Crippen molar-refractivity contribution in [1.82, 2.24) is 10.3 Å². The van der Waals surface area contributed by atoms with Gasteiger partial charge in [-0.3, -0.25) is 9.78 Å². The molecular formula is C30H23F5N2O5. The summed E-state index contributed by atoms with van der Waals surface area (Å²) in [6.07, 6.45) is -4.86. The molecule has 218 valence electrons. The van der Waals surface area contributed by atoms with Crippen molar-refractivity contribution in [3.05, 3.63) is 88.6 Å². The molecule has 1 amide bonds. The zero-order valence-corrected chi connectivity index (χ0v) is 22.0. The van der Waals surface area contributed by atoms with Crippen molar-refractivity contribution >= 4 is 22.6 Å². The van der Waals surface area contributed by atoms with Gasteiger partial charge in [-0.15, -0.1) is 0 Å². The van der Waals surface area contributed by atoms with Crippen LogP contribution in [-0.2, 0) is 23.8 Å². The number of carbonyl (C=O) groups excluding carboxylic acids is 1. The fourth-order valence-corrected chi connectivity index (χ4v) is 4.99. The molecule has 1 aliphatic heterocycles. The fraction of sp³-hybridized carbons (Fsp3) is 0.233. The second kappa shape index (κ2) is 11.3. The van der Waals surface area contributed by atoms with Gasteiger partial charge in [0, 0.05) is 28.6 Å². The number of halogens is 5. The molecule has 0 saturated carbocycles. The molecule has 2 heterocycles. The maximum absolute atomic E-state index is 14.5. The molecular weight excluding hydrogens is 563 g/mol. The van der Waals surface area contributed by atoms with Crippen LogP contribution in [-0.4, -0.2) is 41.2 Å². The van der Waals surface area contributed by atoms with Crippen molar-refractivity contribution in [2.45, 2.75) is 32.0 Å². The standard InChI is InChI=1S/C30H23F5N2O5/c1-2-21-16-6-3-4-7-17(16)24(30(33,34)35)25(36-21)18-11-10-15(26-27(18)42-13-12-41-26)14-22(29(39)40)37-28(38)23-19(31)8-5-9-20(23)32/h3-11,22H,2,12-14H2,1H3,(H,37,38)(H,39,40)/t22-/m0/s1. The molecule has 5 rings (SSSR count). The number of carboxylic acids is 1. The summed E-state index contributed by atoms with van der Waals surface area (Å²) in [6.45, 7) is 1.80. The van der Waals surface area contributed by atoms with Crippen molar-refractivity contribution in [3.8, 4) is 22.8 Å². The highest BCUT2D eigenvalue weighted by molar-refractivity contribution is 5.97. The largest absolute Gasteiger partial charge is 0.486 e. The van der Waals surface area contributed by atoms with Gasteiger partial charge in [-0.1, -0.05) is 43.3 Å². The van der Waals surface area contributed by atoms with Crippen LogP contribution in [0, 0.1) is 11.6 Å². The van der Waals surface area contributed by atoms with Gasteiger partial charge in [-0.05, 0) is 30.0 Å². The summed E-state index contributed by atoms with van der Waals surface area (Å²) in [4.78, 5) is 29.0. The lowest BCUT2D eigenvalue weighted by Crippen LogP contribution is -2.43. The first kappa shape index (κ1) is 28.8. The molecule has 7 nitrogen and oxygen atoms in total. The highest BCUT2D eigenvalue weighted by atomic mass is 19.4. The Morgan fingerprint density at radius 2 is 1.60 bits per heavy atom. The fourth-order valence-electron chi connectivity index (χ4n) is 4.99. The van der Waals surface area contributed by atoms with E-state index in [4.69, 9.17) is 9.47 Å². The molecule has 1 atom stereocenters. The number of benzene rings is 3. The van der Waals surface area contributed by atoms with Crippen LogP contribution in [0.2, 0.25) is 0 Å². The maximum Gasteiger partial charge on any atom is 0.419 e. The zero-order chi connectivity index (χ0) is 30.2. The van der Waals surface area contributed by atoms with Gasteiger partial charge < -0.3 is 19.9 Å². The Balaban J connectivity index is 1.60. The third kappa shape index (κ3) is 5.31. The van der Waals surface area contributed by atoms with Crippen molar-refractivity contribution in [1.29, 1.82) is 0 Å². The number of aryl methyl sites for hydroxylation is 1. The van der Waals surface area contributed by atoms with Gasteiger partial charge >= 0.3 is 12.1 Å². The number of carbonyl (C=O) groups is 2. The number of hydrogen-bond donors (Lipinski definition) is 2. The van der Waals surface area contributed by atoms with Crippen LogP contribution in [0.1, 0.15) is 34.1 Å². The summed E-state index contributed by atoms with van der Waals surface area (Å²) in [5.74, 6) is -5.24. The summed E-state index contributed by atoms with van der Waals surface area (Å²) < 4.78 is 83.3. The summed E-state index contributed by atoms with van der Waals surface area (Å²) in [5, 5.41) is 12.2. The van der Waals surface area contributed by atoms with E-state index in [2.05, 4.69) is 10.3 Å². The lowest BCUT2D eigenvalue weighted by molar-refractivity contribution is -0.139.